The largest absolute Gasteiger partial charge is 0.369 e. The molecule has 1 heterocycles. The van der Waals surface area contributed by atoms with Gasteiger partial charge in [0.2, 0.25) is 0 Å². The van der Waals surface area contributed by atoms with Crippen LogP contribution >= 0.6 is 0 Å². The molecular formula is C14H16N4O. The van der Waals surface area contributed by atoms with Gasteiger partial charge < -0.3 is 11.1 Å². The highest BCUT2D eigenvalue weighted by atomic mass is 16.1. The van der Waals surface area contributed by atoms with Crippen molar-refractivity contribution in [2.45, 2.75) is 12.8 Å². The third-order valence-electron chi connectivity index (χ3n) is 2.68. The highest BCUT2D eigenvalue weighted by Crippen LogP contribution is 2.05. The van der Waals surface area contributed by atoms with Crippen LogP contribution in [0.1, 0.15) is 22.5 Å². The molecule has 98 valence electrons. The molecule has 2 aromatic rings. The summed E-state index contributed by atoms with van der Waals surface area (Å²) in [5.74, 6) is 0.00444. The lowest BCUT2D eigenvalue weighted by Gasteiger charge is -2.06. The van der Waals surface area contributed by atoms with Crippen LogP contribution in [-0.4, -0.2) is 22.4 Å². The Morgan fingerprint density at radius 2 is 2.00 bits per heavy atom. The molecule has 3 N–H and O–H groups in total. The van der Waals surface area contributed by atoms with Gasteiger partial charge in [-0.25, -0.2) is 4.98 Å². The van der Waals surface area contributed by atoms with Crippen LogP contribution in [0, 0.1) is 0 Å². The van der Waals surface area contributed by atoms with Crippen molar-refractivity contribution >= 4 is 11.7 Å². The van der Waals surface area contributed by atoms with E-state index in [1.54, 1.807) is 6.20 Å². The number of carbonyl (C=O) groups excluding carboxylic acids is 1. The van der Waals surface area contributed by atoms with Crippen LogP contribution in [0.4, 0.5) is 5.82 Å². The minimum absolute atomic E-state index is 0.174. The van der Waals surface area contributed by atoms with E-state index in [0.717, 1.165) is 19.4 Å². The highest BCUT2D eigenvalue weighted by Gasteiger charge is 2.03. The third-order valence-corrected chi connectivity index (χ3v) is 2.68. The van der Waals surface area contributed by atoms with Gasteiger partial charge in [0.1, 0.15) is 11.5 Å². The molecule has 1 aromatic carbocycles. The Morgan fingerprint density at radius 1 is 1.21 bits per heavy atom. The lowest BCUT2D eigenvalue weighted by molar-refractivity contribution is 0.0995. The molecule has 2 rings (SSSR count). The molecule has 0 spiro atoms. The lowest BCUT2D eigenvalue weighted by Crippen LogP contribution is -2.15. The van der Waals surface area contributed by atoms with Crippen LogP contribution in [0.15, 0.2) is 42.7 Å². The van der Waals surface area contributed by atoms with E-state index in [-0.39, 0.29) is 5.69 Å². The second-order valence-corrected chi connectivity index (χ2v) is 4.17. The molecule has 19 heavy (non-hydrogen) atoms. The molecule has 0 aliphatic heterocycles. The molecule has 5 heteroatoms. The molecular weight excluding hydrogens is 240 g/mol. The number of amides is 1. The third kappa shape index (κ3) is 4.06. The monoisotopic (exact) mass is 256 g/mol. The van der Waals surface area contributed by atoms with Crippen LogP contribution in [0.2, 0.25) is 0 Å². The van der Waals surface area contributed by atoms with Gasteiger partial charge in [-0.05, 0) is 18.4 Å². The van der Waals surface area contributed by atoms with Gasteiger partial charge in [-0.2, -0.15) is 0 Å². The Hall–Kier alpha value is -2.43. The van der Waals surface area contributed by atoms with Gasteiger partial charge in [0.15, 0.2) is 0 Å². The van der Waals surface area contributed by atoms with Crippen molar-refractivity contribution in [3.05, 3.63) is 54.0 Å². The van der Waals surface area contributed by atoms with E-state index in [1.165, 1.54) is 11.8 Å². The Bertz CT molecular complexity index is 542. The van der Waals surface area contributed by atoms with E-state index in [9.17, 15) is 4.79 Å². The van der Waals surface area contributed by atoms with Crippen molar-refractivity contribution in [2.75, 3.05) is 11.9 Å². The fraction of sp³-hybridized carbons (Fsp3) is 0.214. The Morgan fingerprint density at radius 3 is 2.74 bits per heavy atom. The van der Waals surface area contributed by atoms with Gasteiger partial charge >= 0.3 is 0 Å². The molecule has 1 amide bonds. The van der Waals surface area contributed by atoms with E-state index in [1.807, 2.05) is 18.2 Å². The van der Waals surface area contributed by atoms with Crippen molar-refractivity contribution in [3.8, 4) is 0 Å². The molecule has 0 fully saturated rings. The lowest BCUT2D eigenvalue weighted by atomic mass is 10.1. The predicted octanol–water partition coefficient (Wildman–Crippen LogP) is 1.62. The van der Waals surface area contributed by atoms with Crippen molar-refractivity contribution in [2.24, 2.45) is 5.73 Å². The number of primary amides is 1. The first-order valence-electron chi connectivity index (χ1n) is 6.15. The van der Waals surface area contributed by atoms with Gasteiger partial charge in [0, 0.05) is 6.54 Å². The second-order valence-electron chi connectivity index (χ2n) is 4.17. The number of nitrogens with zero attached hydrogens (tertiary/aromatic N) is 2. The molecule has 0 saturated carbocycles. The topological polar surface area (TPSA) is 80.9 Å². The molecule has 5 nitrogen and oxygen atoms in total. The number of anilines is 1. The van der Waals surface area contributed by atoms with Crippen LogP contribution in [-0.2, 0) is 6.42 Å². The number of rotatable bonds is 6. The van der Waals surface area contributed by atoms with Crippen molar-refractivity contribution in [3.63, 3.8) is 0 Å². The summed E-state index contributed by atoms with van der Waals surface area (Å²) in [4.78, 5) is 18.9. The molecule has 0 saturated heterocycles. The number of aromatic nitrogens is 2. The van der Waals surface area contributed by atoms with Gasteiger partial charge in [0.25, 0.3) is 5.91 Å². The zero-order valence-corrected chi connectivity index (χ0v) is 10.5. The van der Waals surface area contributed by atoms with Gasteiger partial charge in [-0.3, -0.25) is 9.78 Å². The number of nitrogens with two attached hydrogens (primary N) is 1. The second kappa shape index (κ2) is 6.49. The van der Waals surface area contributed by atoms with Gasteiger partial charge in [0.05, 0.1) is 12.4 Å². The Balaban J connectivity index is 1.80. The first-order valence-corrected chi connectivity index (χ1v) is 6.15. The summed E-state index contributed by atoms with van der Waals surface area (Å²) in [7, 11) is 0. The van der Waals surface area contributed by atoms with E-state index in [2.05, 4.69) is 27.4 Å². The quantitative estimate of drug-likeness (QED) is 0.769. The molecule has 0 unspecified atom stereocenters. The Labute approximate surface area is 111 Å². The van der Waals surface area contributed by atoms with Crippen molar-refractivity contribution in [1.82, 2.24) is 9.97 Å². The standard InChI is InChI=1S/C14H16N4O/c15-14(19)12-9-16-10-13(18-12)17-8-4-7-11-5-2-1-3-6-11/h1-3,5-6,9-10H,4,7-8H2,(H2,15,19)(H,17,18). The number of benzene rings is 1. The Kier molecular flexibility index (Phi) is 4.44. The summed E-state index contributed by atoms with van der Waals surface area (Å²) in [6.07, 6.45) is 4.91. The fourth-order valence-corrected chi connectivity index (χ4v) is 1.72. The molecule has 0 atom stereocenters. The SMILES string of the molecule is NC(=O)c1cncc(NCCCc2ccccc2)n1. The predicted molar refractivity (Wildman–Crippen MR) is 73.8 cm³/mol. The summed E-state index contributed by atoms with van der Waals surface area (Å²) >= 11 is 0. The number of nitrogens with one attached hydrogen (secondary N) is 1. The minimum atomic E-state index is -0.569. The normalized spacial score (nSPS) is 10.1. The molecule has 1 aromatic heterocycles. The van der Waals surface area contributed by atoms with E-state index in [0.29, 0.717) is 5.82 Å². The summed E-state index contributed by atoms with van der Waals surface area (Å²) in [5.41, 5.74) is 6.63. The van der Waals surface area contributed by atoms with Crippen LogP contribution in [0.3, 0.4) is 0 Å². The zero-order chi connectivity index (χ0) is 13.5. The number of hydrogen-bond donors (Lipinski definition) is 2. The summed E-state index contributed by atoms with van der Waals surface area (Å²) < 4.78 is 0. The van der Waals surface area contributed by atoms with Crippen LogP contribution < -0.4 is 11.1 Å². The average molecular weight is 256 g/mol. The summed E-state index contributed by atoms with van der Waals surface area (Å²) in [5, 5.41) is 3.13. The maximum atomic E-state index is 11.0. The molecule has 0 bridgehead atoms. The van der Waals surface area contributed by atoms with Crippen LogP contribution in [0.25, 0.3) is 0 Å². The first-order chi connectivity index (χ1) is 9.25. The van der Waals surface area contributed by atoms with Gasteiger partial charge in [-0.1, -0.05) is 30.3 Å². The smallest absolute Gasteiger partial charge is 0.268 e. The fourth-order valence-electron chi connectivity index (χ4n) is 1.72. The number of carbonyl (C=O) groups is 1. The molecule has 0 radical (unpaired) electrons. The number of hydrogen-bond acceptors (Lipinski definition) is 4. The minimum Gasteiger partial charge on any atom is -0.369 e. The van der Waals surface area contributed by atoms with E-state index < -0.39 is 5.91 Å². The number of aryl methyl sites for hydroxylation is 1. The summed E-state index contributed by atoms with van der Waals surface area (Å²) in [6, 6.07) is 10.3. The maximum Gasteiger partial charge on any atom is 0.268 e. The van der Waals surface area contributed by atoms with Crippen molar-refractivity contribution < 1.29 is 4.79 Å². The maximum absolute atomic E-state index is 11.0. The first kappa shape index (κ1) is 13.0. The van der Waals surface area contributed by atoms with Gasteiger partial charge in [-0.15, -0.1) is 0 Å². The van der Waals surface area contributed by atoms with Crippen molar-refractivity contribution in [1.29, 1.82) is 0 Å². The highest BCUT2D eigenvalue weighted by molar-refractivity contribution is 5.90. The van der Waals surface area contributed by atoms with E-state index >= 15 is 0 Å². The molecule has 0 aliphatic rings. The van der Waals surface area contributed by atoms with E-state index in [4.69, 9.17) is 5.73 Å². The average Bonchev–Trinajstić information content (AvgIpc) is 2.45. The van der Waals surface area contributed by atoms with Crippen LogP contribution in [0.5, 0.6) is 0 Å². The molecule has 0 aliphatic carbocycles. The summed E-state index contributed by atoms with van der Waals surface area (Å²) in [6.45, 7) is 0.770. The zero-order valence-electron chi connectivity index (χ0n) is 10.5.